The number of thiophene rings is 1. The number of para-hydroxylation sites is 1. The summed E-state index contributed by atoms with van der Waals surface area (Å²) in [5, 5.41) is 43.3. The number of aromatic hydroxyl groups is 4. The molecule has 0 aliphatic rings. The van der Waals surface area contributed by atoms with E-state index in [9.17, 15) is 20.4 Å². The maximum atomic E-state index is 10.4. The minimum Gasteiger partial charge on any atom is -0.504 e. The van der Waals surface area contributed by atoms with Crippen LogP contribution in [0.2, 0.25) is 0 Å². The van der Waals surface area contributed by atoms with Gasteiger partial charge in [0.25, 0.3) is 0 Å². The van der Waals surface area contributed by atoms with Crippen LogP contribution in [0.25, 0.3) is 42.0 Å². The molecule has 0 saturated heterocycles. The molecule has 0 spiro atoms. The molecule has 0 bridgehead atoms. The highest BCUT2D eigenvalue weighted by Crippen LogP contribution is 2.54. The molecule has 0 fully saturated rings. The molecule has 3 aromatic carbocycles. The number of fused-ring (bicyclic) bond motifs is 7. The van der Waals surface area contributed by atoms with Crippen LogP contribution in [-0.2, 0) is 0 Å². The molecular weight excluding hydrogens is 326 g/mol. The molecule has 5 nitrogen and oxygen atoms in total. The van der Waals surface area contributed by atoms with Crippen LogP contribution >= 0.6 is 11.3 Å². The van der Waals surface area contributed by atoms with E-state index in [1.54, 1.807) is 0 Å². The number of hydrogen-bond acceptors (Lipinski definition) is 5. The van der Waals surface area contributed by atoms with Crippen LogP contribution in [0.15, 0.2) is 36.4 Å². The third-order valence-corrected chi connectivity index (χ3v) is 5.62. The molecule has 5 rings (SSSR count). The fourth-order valence-electron chi connectivity index (χ4n) is 3.35. The van der Waals surface area contributed by atoms with E-state index in [1.165, 1.54) is 11.3 Å². The number of rotatable bonds is 0. The number of aromatic amines is 1. The quantitative estimate of drug-likeness (QED) is 0.212. The topological polar surface area (TPSA) is 96.7 Å². The zero-order valence-corrected chi connectivity index (χ0v) is 13.0. The Kier molecular flexibility index (Phi) is 2.36. The lowest BCUT2D eigenvalue weighted by atomic mass is 10.1. The molecule has 0 aliphatic carbocycles. The Morgan fingerprint density at radius 3 is 2.29 bits per heavy atom. The first-order chi connectivity index (χ1) is 11.6. The summed E-state index contributed by atoms with van der Waals surface area (Å²) in [6, 6.07) is 11.8. The molecule has 0 aliphatic heterocycles. The first-order valence-corrected chi connectivity index (χ1v) is 8.11. The fourth-order valence-corrected chi connectivity index (χ4v) is 4.51. The first-order valence-electron chi connectivity index (χ1n) is 7.29. The predicted octanol–water partition coefficient (Wildman–Crippen LogP) is 4.51. The van der Waals surface area contributed by atoms with Crippen molar-refractivity contribution in [1.82, 2.24) is 4.98 Å². The van der Waals surface area contributed by atoms with Gasteiger partial charge in [-0.05, 0) is 12.1 Å². The van der Waals surface area contributed by atoms with Gasteiger partial charge in [-0.1, -0.05) is 24.3 Å². The summed E-state index contributed by atoms with van der Waals surface area (Å²) in [6.07, 6.45) is 0. The van der Waals surface area contributed by atoms with Gasteiger partial charge in [-0.15, -0.1) is 11.3 Å². The van der Waals surface area contributed by atoms with Crippen molar-refractivity contribution in [1.29, 1.82) is 0 Å². The van der Waals surface area contributed by atoms with Crippen LogP contribution in [-0.4, -0.2) is 25.4 Å². The van der Waals surface area contributed by atoms with Gasteiger partial charge in [0.1, 0.15) is 0 Å². The van der Waals surface area contributed by atoms with Crippen molar-refractivity contribution >= 4 is 53.3 Å². The molecule has 0 unspecified atom stereocenters. The molecule has 6 heteroatoms. The smallest absolute Gasteiger partial charge is 0.205 e. The standard InChI is InChI=1S/C18H11NO4S/c20-14-12-11-10(24-18(12)17(23)16(22)15(14)21)6-5-8-7-3-1-2-4-9(7)19-13(8)11/h1-6,19-23H. The number of H-pyrrole nitrogens is 1. The minimum absolute atomic E-state index is 0.333. The lowest BCUT2D eigenvalue weighted by Gasteiger charge is -2.05. The van der Waals surface area contributed by atoms with Crippen LogP contribution in [0.1, 0.15) is 0 Å². The largest absolute Gasteiger partial charge is 0.504 e. The number of nitrogens with one attached hydrogen (secondary N) is 1. The molecule has 5 aromatic rings. The van der Waals surface area contributed by atoms with Crippen molar-refractivity contribution < 1.29 is 20.4 Å². The van der Waals surface area contributed by atoms with Gasteiger partial charge in [-0.3, -0.25) is 0 Å². The second kappa shape index (κ2) is 4.24. The highest BCUT2D eigenvalue weighted by atomic mass is 32.1. The van der Waals surface area contributed by atoms with Gasteiger partial charge < -0.3 is 25.4 Å². The molecule has 2 heterocycles. The summed E-state index contributed by atoms with van der Waals surface area (Å²) in [5.74, 6) is -2.28. The van der Waals surface area contributed by atoms with Gasteiger partial charge in [-0.25, -0.2) is 0 Å². The normalized spacial score (nSPS) is 12.0. The Balaban J connectivity index is 2.13. The summed E-state index contributed by atoms with van der Waals surface area (Å²) in [7, 11) is 0. The van der Waals surface area contributed by atoms with Crippen molar-refractivity contribution in [3.63, 3.8) is 0 Å². The monoisotopic (exact) mass is 337 g/mol. The highest BCUT2D eigenvalue weighted by molar-refractivity contribution is 7.26. The van der Waals surface area contributed by atoms with Crippen molar-refractivity contribution in [2.24, 2.45) is 0 Å². The summed E-state index contributed by atoms with van der Waals surface area (Å²) in [6.45, 7) is 0. The fraction of sp³-hybridized carbons (Fsp3) is 0. The van der Waals surface area contributed by atoms with E-state index in [0.29, 0.717) is 15.5 Å². The predicted molar refractivity (Wildman–Crippen MR) is 95.4 cm³/mol. The van der Waals surface area contributed by atoms with E-state index in [2.05, 4.69) is 4.98 Å². The Morgan fingerprint density at radius 2 is 1.46 bits per heavy atom. The average molecular weight is 337 g/mol. The van der Waals surface area contributed by atoms with E-state index in [-0.39, 0.29) is 0 Å². The molecule has 0 amide bonds. The Labute approximate surface area is 138 Å². The third-order valence-electron chi connectivity index (χ3n) is 4.46. The number of phenolic OH excluding ortho intramolecular Hbond substituents is 4. The summed E-state index contributed by atoms with van der Waals surface area (Å²) < 4.78 is 1.17. The van der Waals surface area contributed by atoms with Crippen LogP contribution < -0.4 is 0 Å². The second-order valence-corrected chi connectivity index (χ2v) is 6.78. The van der Waals surface area contributed by atoms with E-state index < -0.39 is 23.0 Å². The van der Waals surface area contributed by atoms with Gasteiger partial charge in [0, 0.05) is 26.4 Å². The molecule has 24 heavy (non-hydrogen) atoms. The van der Waals surface area contributed by atoms with E-state index in [0.717, 1.165) is 26.5 Å². The van der Waals surface area contributed by atoms with E-state index >= 15 is 0 Å². The van der Waals surface area contributed by atoms with Gasteiger partial charge in [-0.2, -0.15) is 0 Å². The summed E-state index contributed by atoms with van der Waals surface area (Å²) in [4.78, 5) is 3.35. The molecular formula is C18H11NO4S. The Hall–Kier alpha value is -3.12. The van der Waals surface area contributed by atoms with Gasteiger partial charge in [0.2, 0.25) is 11.5 Å². The van der Waals surface area contributed by atoms with Crippen molar-refractivity contribution in [3.05, 3.63) is 36.4 Å². The van der Waals surface area contributed by atoms with Crippen LogP contribution in [0.5, 0.6) is 23.0 Å². The van der Waals surface area contributed by atoms with Crippen LogP contribution in [0, 0.1) is 0 Å². The minimum atomic E-state index is -0.715. The maximum absolute atomic E-state index is 10.4. The molecule has 5 N–H and O–H groups in total. The summed E-state index contributed by atoms with van der Waals surface area (Å²) >= 11 is 1.25. The first kappa shape index (κ1) is 13.3. The zero-order valence-electron chi connectivity index (χ0n) is 12.2. The van der Waals surface area contributed by atoms with Gasteiger partial charge in [0.05, 0.1) is 15.6 Å². The lowest BCUT2D eigenvalue weighted by Crippen LogP contribution is -1.77. The van der Waals surface area contributed by atoms with Crippen molar-refractivity contribution in [3.8, 4) is 23.0 Å². The van der Waals surface area contributed by atoms with Gasteiger partial charge in [0.15, 0.2) is 11.5 Å². The molecule has 2 aromatic heterocycles. The maximum Gasteiger partial charge on any atom is 0.205 e. The Bertz CT molecular complexity index is 1300. The van der Waals surface area contributed by atoms with E-state index in [1.807, 2.05) is 36.4 Å². The van der Waals surface area contributed by atoms with Crippen LogP contribution in [0.3, 0.4) is 0 Å². The number of hydrogen-bond donors (Lipinski definition) is 5. The highest BCUT2D eigenvalue weighted by Gasteiger charge is 2.23. The average Bonchev–Trinajstić information content (AvgIpc) is 3.16. The SMILES string of the molecule is Oc1c(O)c(O)c2c(sc3ccc4c5ccccc5[nH]c4c32)c1O. The number of aromatic nitrogens is 1. The van der Waals surface area contributed by atoms with Crippen molar-refractivity contribution in [2.75, 3.05) is 0 Å². The second-order valence-electron chi connectivity index (χ2n) is 5.73. The third kappa shape index (κ3) is 1.43. The molecule has 0 radical (unpaired) electrons. The summed E-state index contributed by atoms with van der Waals surface area (Å²) in [5.41, 5.74) is 1.78. The van der Waals surface area contributed by atoms with E-state index in [4.69, 9.17) is 0 Å². The number of benzene rings is 3. The lowest BCUT2D eigenvalue weighted by molar-refractivity contribution is 0.351. The van der Waals surface area contributed by atoms with Gasteiger partial charge >= 0.3 is 0 Å². The van der Waals surface area contributed by atoms with Crippen molar-refractivity contribution in [2.45, 2.75) is 0 Å². The Morgan fingerprint density at radius 1 is 0.708 bits per heavy atom. The number of phenols is 4. The zero-order chi connectivity index (χ0) is 16.6. The molecule has 0 atom stereocenters. The molecule has 0 saturated carbocycles. The molecule has 118 valence electrons. The van der Waals surface area contributed by atoms with Crippen LogP contribution in [0.4, 0.5) is 0 Å².